The first-order valence-corrected chi connectivity index (χ1v) is 12.1. The Morgan fingerprint density at radius 1 is 0.972 bits per heavy atom. The average Bonchev–Trinajstić information content (AvgIpc) is 3.26. The Bertz CT molecular complexity index is 1270. The molecule has 4 rings (SSSR count). The molecule has 190 valence electrons. The number of hydrogen-bond donors (Lipinski definition) is 0. The van der Waals surface area contributed by atoms with Crippen LogP contribution in [0.4, 0.5) is 17.6 Å². The zero-order valence-electron chi connectivity index (χ0n) is 19.0. The fraction of sp³-hybridized carbons (Fsp3) is 0.269. The quantitative estimate of drug-likeness (QED) is 0.302. The van der Waals surface area contributed by atoms with Gasteiger partial charge in [-0.2, -0.15) is 13.2 Å². The number of carbonyl (C=O) groups is 1. The lowest BCUT2D eigenvalue weighted by atomic mass is 9.93. The number of likely N-dealkylation sites (N-methyl/N-ethyl adjacent to an activating group) is 1. The van der Waals surface area contributed by atoms with E-state index in [1.165, 1.54) is 6.07 Å². The molecule has 3 aromatic rings. The molecule has 1 amide bonds. The highest BCUT2D eigenvalue weighted by Gasteiger charge is 2.39. The monoisotopic (exact) mass is 558 g/mol. The van der Waals surface area contributed by atoms with Gasteiger partial charge in [0.25, 0.3) is 5.91 Å². The van der Waals surface area contributed by atoms with E-state index in [1.807, 2.05) is 11.0 Å². The zero-order chi connectivity index (χ0) is 26.2. The number of rotatable bonds is 5. The summed E-state index contributed by atoms with van der Waals surface area (Å²) >= 11 is 18.3. The second-order valence-corrected chi connectivity index (χ2v) is 10.0. The summed E-state index contributed by atoms with van der Waals surface area (Å²) in [7, 11) is 1.79. The van der Waals surface area contributed by atoms with E-state index < -0.39 is 17.6 Å². The normalized spacial score (nSPS) is 18.2. The Morgan fingerprint density at radius 2 is 1.67 bits per heavy atom. The maximum absolute atomic E-state index is 14.2. The molecule has 1 aliphatic rings. The lowest BCUT2D eigenvalue weighted by Gasteiger charge is -2.29. The smallest absolute Gasteiger partial charge is 0.336 e. The summed E-state index contributed by atoms with van der Waals surface area (Å²) in [6, 6.07) is 14.6. The average molecular weight is 560 g/mol. The van der Waals surface area contributed by atoms with Gasteiger partial charge in [-0.1, -0.05) is 46.9 Å². The van der Waals surface area contributed by atoms with E-state index in [2.05, 4.69) is 0 Å². The SMILES string of the molecule is CN(Cc1ccc(C(F)(F)F)c(F)c1)C1CN(C(=O)c2ccc(Cl)cc2)CC1c1ccc(Cl)c(Cl)c1. The van der Waals surface area contributed by atoms with Crippen molar-refractivity contribution in [2.45, 2.75) is 24.7 Å². The second-order valence-electron chi connectivity index (χ2n) is 8.79. The van der Waals surface area contributed by atoms with Crippen molar-refractivity contribution in [3.8, 4) is 0 Å². The number of carbonyl (C=O) groups excluding carboxylic acids is 1. The number of nitrogens with zero attached hydrogens (tertiary/aromatic N) is 2. The molecule has 1 aliphatic heterocycles. The molecule has 36 heavy (non-hydrogen) atoms. The van der Waals surface area contributed by atoms with Crippen LogP contribution in [-0.2, 0) is 12.7 Å². The predicted octanol–water partition coefficient (Wildman–Crippen LogP) is 7.54. The first-order chi connectivity index (χ1) is 16.9. The van der Waals surface area contributed by atoms with Crippen LogP contribution in [0, 0.1) is 5.82 Å². The number of likely N-dealkylation sites (tertiary alicyclic amines) is 1. The third-order valence-electron chi connectivity index (χ3n) is 6.38. The molecule has 10 heteroatoms. The molecule has 2 unspecified atom stereocenters. The number of amides is 1. The molecule has 0 spiro atoms. The van der Waals surface area contributed by atoms with Crippen molar-refractivity contribution < 1.29 is 22.4 Å². The van der Waals surface area contributed by atoms with Crippen LogP contribution in [0.2, 0.25) is 15.1 Å². The number of hydrogen-bond acceptors (Lipinski definition) is 2. The third kappa shape index (κ3) is 5.80. The van der Waals surface area contributed by atoms with Crippen LogP contribution in [0.5, 0.6) is 0 Å². The lowest BCUT2D eigenvalue weighted by molar-refractivity contribution is -0.140. The van der Waals surface area contributed by atoms with E-state index in [9.17, 15) is 22.4 Å². The van der Waals surface area contributed by atoms with E-state index >= 15 is 0 Å². The summed E-state index contributed by atoms with van der Waals surface area (Å²) in [5.41, 5.74) is 0.438. The van der Waals surface area contributed by atoms with Crippen molar-refractivity contribution in [3.05, 3.63) is 104 Å². The summed E-state index contributed by atoms with van der Waals surface area (Å²) in [4.78, 5) is 16.8. The van der Waals surface area contributed by atoms with Crippen LogP contribution in [0.3, 0.4) is 0 Å². The lowest BCUT2D eigenvalue weighted by Crippen LogP contribution is -2.38. The van der Waals surface area contributed by atoms with Gasteiger partial charge in [0.1, 0.15) is 5.82 Å². The Balaban J connectivity index is 1.61. The van der Waals surface area contributed by atoms with Crippen molar-refractivity contribution >= 4 is 40.7 Å². The van der Waals surface area contributed by atoms with Gasteiger partial charge in [0.2, 0.25) is 0 Å². The number of halogens is 7. The minimum atomic E-state index is -4.76. The number of benzene rings is 3. The number of alkyl halides is 3. The van der Waals surface area contributed by atoms with Gasteiger partial charge in [-0.25, -0.2) is 4.39 Å². The van der Waals surface area contributed by atoms with E-state index in [1.54, 1.807) is 48.3 Å². The molecule has 0 bridgehead atoms. The van der Waals surface area contributed by atoms with Crippen molar-refractivity contribution in [2.24, 2.45) is 0 Å². The van der Waals surface area contributed by atoms with Crippen LogP contribution in [0.15, 0.2) is 60.7 Å². The van der Waals surface area contributed by atoms with Crippen molar-refractivity contribution in [2.75, 3.05) is 20.1 Å². The van der Waals surface area contributed by atoms with Gasteiger partial charge in [0.15, 0.2) is 0 Å². The summed E-state index contributed by atoms with van der Waals surface area (Å²) in [5.74, 6) is -1.66. The third-order valence-corrected chi connectivity index (χ3v) is 7.37. The highest BCUT2D eigenvalue weighted by atomic mass is 35.5. The molecule has 1 heterocycles. The highest BCUT2D eigenvalue weighted by molar-refractivity contribution is 6.42. The molecule has 0 aromatic heterocycles. The van der Waals surface area contributed by atoms with E-state index in [4.69, 9.17) is 34.8 Å². The largest absolute Gasteiger partial charge is 0.419 e. The van der Waals surface area contributed by atoms with Crippen molar-refractivity contribution in [3.63, 3.8) is 0 Å². The predicted molar refractivity (Wildman–Crippen MR) is 133 cm³/mol. The first kappa shape index (κ1) is 26.7. The maximum atomic E-state index is 14.2. The summed E-state index contributed by atoms with van der Waals surface area (Å²) in [5, 5.41) is 1.29. The molecule has 0 N–H and O–H groups in total. The van der Waals surface area contributed by atoms with Gasteiger partial charge in [-0.3, -0.25) is 9.69 Å². The summed E-state index contributed by atoms with van der Waals surface area (Å²) in [6.45, 7) is 0.919. The fourth-order valence-corrected chi connectivity index (χ4v) is 4.97. The molecule has 0 aliphatic carbocycles. The van der Waals surface area contributed by atoms with Crippen LogP contribution in [-0.4, -0.2) is 41.9 Å². The first-order valence-electron chi connectivity index (χ1n) is 11.0. The summed E-state index contributed by atoms with van der Waals surface area (Å²) in [6.07, 6.45) is -4.76. The highest BCUT2D eigenvalue weighted by Crippen LogP contribution is 2.36. The molecule has 3 aromatic carbocycles. The molecule has 0 radical (unpaired) electrons. The van der Waals surface area contributed by atoms with Crippen LogP contribution < -0.4 is 0 Å². The van der Waals surface area contributed by atoms with Gasteiger partial charge < -0.3 is 4.90 Å². The van der Waals surface area contributed by atoms with Gasteiger partial charge in [-0.15, -0.1) is 0 Å². The van der Waals surface area contributed by atoms with Gasteiger partial charge >= 0.3 is 6.18 Å². The summed E-state index contributed by atoms with van der Waals surface area (Å²) < 4.78 is 53.0. The Morgan fingerprint density at radius 3 is 2.28 bits per heavy atom. The van der Waals surface area contributed by atoms with E-state index in [0.29, 0.717) is 39.3 Å². The van der Waals surface area contributed by atoms with Crippen molar-refractivity contribution in [1.29, 1.82) is 0 Å². The van der Waals surface area contributed by atoms with E-state index in [-0.39, 0.29) is 24.4 Å². The molecule has 2 atom stereocenters. The Kier molecular flexibility index (Phi) is 7.86. The zero-order valence-corrected chi connectivity index (χ0v) is 21.3. The maximum Gasteiger partial charge on any atom is 0.419 e. The minimum Gasteiger partial charge on any atom is -0.336 e. The molecule has 0 saturated carbocycles. The second kappa shape index (κ2) is 10.6. The van der Waals surface area contributed by atoms with Gasteiger partial charge in [-0.05, 0) is 66.7 Å². The topological polar surface area (TPSA) is 23.6 Å². The van der Waals surface area contributed by atoms with Gasteiger partial charge in [0, 0.05) is 42.2 Å². The van der Waals surface area contributed by atoms with Crippen molar-refractivity contribution in [1.82, 2.24) is 9.80 Å². The molecule has 1 saturated heterocycles. The van der Waals surface area contributed by atoms with Gasteiger partial charge in [0.05, 0.1) is 15.6 Å². The van der Waals surface area contributed by atoms with E-state index in [0.717, 1.165) is 17.7 Å². The van der Waals surface area contributed by atoms with Crippen LogP contribution in [0.25, 0.3) is 0 Å². The Hall–Kier alpha value is -2.32. The molecular formula is C26H21Cl3F4N2O. The molecular weight excluding hydrogens is 539 g/mol. The molecule has 1 fully saturated rings. The Labute approximate surface area is 221 Å². The van der Waals surface area contributed by atoms with Crippen LogP contribution in [0.1, 0.15) is 33.0 Å². The molecule has 3 nitrogen and oxygen atoms in total. The fourth-order valence-electron chi connectivity index (χ4n) is 4.54. The van der Waals surface area contributed by atoms with Crippen LogP contribution >= 0.6 is 34.8 Å². The standard InChI is InChI=1S/C26H21Cl3F4N2O/c1-34(12-15-2-8-20(23(30)10-15)26(31,32)33)24-14-35(25(36)16-3-6-18(27)7-4-16)13-19(24)17-5-9-21(28)22(29)11-17/h2-11,19,24H,12-14H2,1H3. The minimum absolute atomic E-state index is 0.166.